The Morgan fingerprint density at radius 2 is 1.43 bits per heavy atom. The van der Waals surface area contributed by atoms with E-state index in [9.17, 15) is 9.59 Å². The Balaban J connectivity index is -0.0000000232. The fraction of sp³-hybridized carbons (Fsp3) is 0.800. The lowest BCUT2D eigenvalue weighted by molar-refractivity contribution is -0.121. The van der Waals surface area contributed by atoms with Gasteiger partial charge in [0, 0.05) is 6.54 Å². The van der Waals surface area contributed by atoms with Gasteiger partial charge in [0.1, 0.15) is 14.0 Å². The molecule has 0 aromatic heterocycles. The van der Waals surface area contributed by atoms with Crippen molar-refractivity contribution in [3.8, 4) is 0 Å². The first-order valence-electron chi connectivity index (χ1n) is 6.54. The van der Waals surface area contributed by atoms with Crippen LogP contribution in [0, 0.1) is 0 Å². The number of hydrogen-bond acceptors (Lipinski definition) is 5. The quantitative estimate of drug-likeness (QED) is 0.673. The zero-order chi connectivity index (χ0) is 15.9. The van der Waals surface area contributed by atoms with Gasteiger partial charge in [0.15, 0.2) is 0 Å². The maximum Gasteiger partial charge on any atom is 0.234 e. The van der Waals surface area contributed by atoms with Crippen molar-refractivity contribution in [3.63, 3.8) is 0 Å². The Bertz CT molecular complexity index is 185. The lowest BCUT2D eigenvalue weighted by atomic mass is 10.6. The predicted octanol–water partition coefficient (Wildman–Crippen LogP) is 2.26. The SMILES string of the molecule is C.C.C.CCC.CCC.NCC=O.[2H-].[2H]NCC(=O)NCC=O. The van der Waals surface area contributed by atoms with Crippen molar-refractivity contribution in [1.29, 1.82) is 0 Å². The second kappa shape index (κ2) is 62.2. The first-order chi connectivity index (χ1) is 9.05. The minimum Gasteiger partial charge on any atom is -1.00 e. The van der Waals surface area contributed by atoms with E-state index in [4.69, 9.17) is 6.21 Å². The van der Waals surface area contributed by atoms with Crippen molar-refractivity contribution < 1.29 is 17.2 Å². The average Bonchev–Trinajstić information content (AvgIpc) is 2.39. The van der Waals surface area contributed by atoms with E-state index in [1.165, 1.54) is 12.8 Å². The molecule has 6 nitrogen and oxygen atoms in total. The van der Waals surface area contributed by atoms with E-state index in [1.54, 1.807) is 0 Å². The molecule has 0 rings (SSSR count). The lowest BCUT2D eigenvalue weighted by Gasteiger charge is -1.93. The number of nitrogens with two attached hydrogens (primary N) is 2. The van der Waals surface area contributed by atoms with Crippen LogP contribution in [0.2, 0.25) is 1.41 Å². The Morgan fingerprint density at radius 1 is 1.10 bits per heavy atom. The van der Waals surface area contributed by atoms with Crippen LogP contribution in [0.3, 0.4) is 0 Å². The van der Waals surface area contributed by atoms with Crippen molar-refractivity contribution in [1.82, 2.24) is 5.32 Å². The van der Waals surface area contributed by atoms with E-state index in [-0.39, 0.29) is 49.2 Å². The summed E-state index contributed by atoms with van der Waals surface area (Å²) < 4.78 is 6.37. The van der Waals surface area contributed by atoms with Crippen molar-refractivity contribution in [2.75, 3.05) is 19.6 Å². The molecule has 136 valence electrons. The van der Waals surface area contributed by atoms with E-state index >= 15 is 0 Å². The first-order valence-corrected chi connectivity index (χ1v) is 6.04. The molecule has 6 heteroatoms. The zero-order valence-electron chi connectivity index (χ0n) is 14.0. The second-order valence-electron chi connectivity index (χ2n) is 2.96. The Labute approximate surface area is 136 Å². The Kier molecular flexibility index (Phi) is 109. The summed E-state index contributed by atoms with van der Waals surface area (Å²) in [5, 5.41) is 2.24. The minimum atomic E-state index is -0.350. The number of hydrogen-bond donors (Lipinski definition) is 3. The van der Waals surface area contributed by atoms with Crippen molar-refractivity contribution in [2.45, 2.75) is 62.8 Å². The van der Waals surface area contributed by atoms with Gasteiger partial charge in [-0.1, -0.05) is 62.8 Å². The maximum absolute atomic E-state index is 10.3. The van der Waals surface area contributed by atoms with Gasteiger partial charge in [-0.2, -0.15) is 0 Å². The molecule has 0 radical (unpaired) electrons. The summed E-state index contributed by atoms with van der Waals surface area (Å²) in [4.78, 5) is 29.0. The van der Waals surface area contributed by atoms with Crippen LogP contribution in [0.1, 0.15) is 64.2 Å². The van der Waals surface area contributed by atoms with Gasteiger partial charge in [-0.25, -0.2) is 0 Å². The lowest BCUT2D eigenvalue weighted by Crippen LogP contribution is -2.31. The van der Waals surface area contributed by atoms with Gasteiger partial charge in [-0.3, -0.25) is 4.79 Å². The number of carbonyl (C=O) groups excluding carboxylic acids is 3. The molecule has 0 spiro atoms. The molecule has 0 saturated carbocycles. The highest BCUT2D eigenvalue weighted by Gasteiger charge is 1.91. The zero-order valence-corrected chi connectivity index (χ0v) is 12.0. The second-order valence-corrected chi connectivity index (χ2v) is 2.96. The van der Waals surface area contributed by atoms with Gasteiger partial charge in [0.05, 0.1) is 13.1 Å². The summed E-state index contributed by atoms with van der Waals surface area (Å²) in [5.74, 6) is -0.350. The summed E-state index contributed by atoms with van der Waals surface area (Å²) in [6.07, 6.45) is 3.74. The van der Waals surface area contributed by atoms with E-state index in [1.807, 2.05) is 5.73 Å². The fourth-order valence-corrected chi connectivity index (χ4v) is 0.218. The standard InChI is InChI=1S/C4H8N2O2.2C3H8.C2H5NO.3CH4.H/c5-3-4(8)6-1-2-7;2*1-3-2;3-1-2-4;;;;/h2H,1,3,5H2,(H,6,8);2*3H2,1-2H3;2H,1,3H2;3*1H4;/q;;;;;;;-1/i;;;;;;;1+1/hD. The van der Waals surface area contributed by atoms with Gasteiger partial charge < -0.3 is 27.8 Å². The Morgan fingerprint density at radius 3 is 1.62 bits per heavy atom. The third-order valence-corrected chi connectivity index (χ3v) is 0.639. The summed E-state index contributed by atoms with van der Waals surface area (Å²) in [6.45, 7) is 8.58. The van der Waals surface area contributed by atoms with E-state index in [2.05, 4.69) is 38.7 Å². The molecule has 5 N–H and O–H groups in total. The smallest absolute Gasteiger partial charge is 0.234 e. The van der Waals surface area contributed by atoms with E-state index < -0.39 is 0 Å². The van der Waals surface area contributed by atoms with Crippen molar-refractivity contribution in [3.05, 3.63) is 0 Å². The number of rotatable bonds is 5. The van der Waals surface area contributed by atoms with Crippen LogP contribution in [0.15, 0.2) is 0 Å². The number of nitrogens with one attached hydrogen (secondary N) is 1. The average molecular weight is 315 g/mol. The molecule has 0 aliphatic carbocycles. The third kappa shape index (κ3) is 160. The number of aldehydes is 2. The molecule has 0 aromatic rings. The van der Waals surface area contributed by atoms with Crippen LogP contribution >= 0.6 is 0 Å². The molecule has 0 aliphatic rings. The predicted molar refractivity (Wildman–Crippen MR) is 96.5 cm³/mol. The van der Waals surface area contributed by atoms with Gasteiger partial charge in [0.25, 0.3) is 0 Å². The van der Waals surface area contributed by atoms with Crippen LogP contribution in [0.4, 0.5) is 0 Å². The fourth-order valence-electron chi connectivity index (χ4n) is 0.218. The molecular weight excluding hydrogens is 270 g/mol. The molecule has 0 heterocycles. The molecule has 21 heavy (non-hydrogen) atoms. The molecule has 0 unspecified atom stereocenters. The summed E-state index contributed by atoms with van der Waals surface area (Å²) in [7, 11) is 0. The summed E-state index contributed by atoms with van der Waals surface area (Å²) in [6, 6.07) is 0. The van der Waals surface area contributed by atoms with E-state index in [0.29, 0.717) is 12.6 Å². The van der Waals surface area contributed by atoms with Crippen LogP contribution in [0.25, 0.3) is 0 Å². The molecule has 1 amide bonds. The summed E-state index contributed by atoms with van der Waals surface area (Å²) >= 11 is 0. The van der Waals surface area contributed by atoms with Crippen molar-refractivity contribution in [2.24, 2.45) is 11.5 Å². The number of carbonyl (C=O) groups is 3. The number of amides is 1. The van der Waals surface area contributed by atoms with E-state index in [0.717, 1.165) is 0 Å². The molecule has 0 bridgehead atoms. The molecule has 0 saturated heterocycles. The molecule has 0 fully saturated rings. The highest BCUT2D eigenvalue weighted by Crippen LogP contribution is 1.56. The molecule has 0 aliphatic heterocycles. The topological polar surface area (TPSA) is 115 Å². The van der Waals surface area contributed by atoms with Gasteiger partial charge in [-0.05, 0) is 0 Å². The minimum absolute atomic E-state index is 0. The van der Waals surface area contributed by atoms with Crippen LogP contribution < -0.4 is 16.8 Å². The largest absolute Gasteiger partial charge is 1.00 e. The first kappa shape index (κ1) is 36.7. The normalized spacial score (nSPS) is 6.62. The molecular formula is C15H42N3O3-. The highest BCUT2D eigenvalue weighted by atomic mass is 16.2. The van der Waals surface area contributed by atoms with Crippen molar-refractivity contribution >= 4 is 18.5 Å². The molecule has 0 atom stereocenters. The monoisotopic (exact) mass is 314 g/mol. The van der Waals surface area contributed by atoms with Crippen LogP contribution in [-0.4, -0.2) is 38.1 Å². The van der Waals surface area contributed by atoms with Gasteiger partial charge in [-0.15, -0.1) is 0 Å². The third-order valence-electron chi connectivity index (χ3n) is 0.639. The molecule has 0 aromatic carbocycles. The van der Waals surface area contributed by atoms with Gasteiger partial charge in [0.2, 0.25) is 5.91 Å². The Hall–Kier alpha value is -1.27. The van der Waals surface area contributed by atoms with Crippen LogP contribution in [0.5, 0.6) is 0 Å². The van der Waals surface area contributed by atoms with Gasteiger partial charge >= 0.3 is 0 Å². The van der Waals surface area contributed by atoms with Crippen LogP contribution in [-0.2, 0) is 14.4 Å². The maximum atomic E-state index is 10.3. The summed E-state index contributed by atoms with van der Waals surface area (Å²) in [5.41, 5.74) is 6.56. The highest BCUT2D eigenvalue weighted by molar-refractivity contribution is 5.79.